The van der Waals surface area contributed by atoms with E-state index >= 15 is 0 Å². The van der Waals surface area contributed by atoms with Gasteiger partial charge in [-0.05, 0) is 51.5 Å². The van der Waals surface area contributed by atoms with E-state index in [1.807, 2.05) is 0 Å². The Labute approximate surface area is 188 Å². The Hall–Kier alpha value is -2.85. The van der Waals surface area contributed by atoms with Crippen molar-refractivity contribution in [2.24, 2.45) is 11.8 Å². The number of aromatic nitrogens is 3. The third-order valence-corrected chi connectivity index (χ3v) is 6.18. The molecule has 4 rings (SSSR count). The molecule has 1 aliphatic rings. The number of benzene rings is 1. The van der Waals surface area contributed by atoms with Gasteiger partial charge in [-0.1, -0.05) is 13.8 Å². The van der Waals surface area contributed by atoms with Crippen molar-refractivity contribution >= 4 is 17.4 Å². The Bertz CT molecular complexity index is 1150. The Balaban J connectivity index is 1.39. The van der Waals surface area contributed by atoms with Crippen LogP contribution < -0.4 is 0 Å². The Kier molecular flexibility index (Phi) is 6.25. The molecule has 3 aromatic rings. The zero-order valence-corrected chi connectivity index (χ0v) is 18.4. The molecule has 1 aliphatic heterocycles. The lowest BCUT2D eigenvalue weighted by Crippen LogP contribution is -2.36. The largest absolute Gasteiger partial charge is 0.440 e. The van der Waals surface area contributed by atoms with Gasteiger partial charge >= 0.3 is 11.1 Å². The summed E-state index contributed by atoms with van der Waals surface area (Å²) in [4.78, 5) is 20.8. The minimum Gasteiger partial charge on any atom is -0.440 e. The topological polar surface area (TPSA) is 90.2 Å². The standard InChI is InChI=1S/C21H22ClF2N5O3/c1-12(13(2)9-28-11-19(29(30)31)26-21(28)22)8-27-6-5-17-18(10-27)32-20(25-17)14-3-4-15(23)16(24)7-14/h3-4,7,11-13H,5-6,8-10H2,1-2H3/t12-,13+/m1/s1. The highest BCUT2D eigenvalue weighted by atomic mass is 35.5. The normalized spacial score (nSPS) is 16.0. The van der Waals surface area contributed by atoms with Crippen LogP contribution in [0.25, 0.3) is 11.5 Å². The van der Waals surface area contributed by atoms with Crippen molar-refractivity contribution in [1.82, 2.24) is 19.4 Å². The number of nitrogens with zero attached hydrogens (tertiary/aromatic N) is 5. The van der Waals surface area contributed by atoms with E-state index in [2.05, 4.69) is 28.7 Å². The molecule has 2 aromatic heterocycles. The first-order valence-electron chi connectivity index (χ1n) is 10.2. The van der Waals surface area contributed by atoms with Gasteiger partial charge in [-0.15, -0.1) is 0 Å². The van der Waals surface area contributed by atoms with Crippen molar-refractivity contribution in [2.75, 3.05) is 13.1 Å². The third-order valence-electron chi connectivity index (χ3n) is 5.88. The van der Waals surface area contributed by atoms with Gasteiger partial charge in [-0.2, -0.15) is 0 Å². The summed E-state index contributed by atoms with van der Waals surface area (Å²) in [5.41, 5.74) is 1.23. The summed E-state index contributed by atoms with van der Waals surface area (Å²) in [6.45, 7) is 6.86. The highest BCUT2D eigenvalue weighted by molar-refractivity contribution is 6.28. The molecule has 8 nitrogen and oxygen atoms in total. The number of fused-ring (bicyclic) bond motifs is 1. The smallest absolute Gasteiger partial charge is 0.383 e. The lowest BCUT2D eigenvalue weighted by molar-refractivity contribution is -0.389. The zero-order chi connectivity index (χ0) is 23.0. The van der Waals surface area contributed by atoms with Gasteiger partial charge < -0.3 is 14.5 Å². The van der Waals surface area contributed by atoms with E-state index in [0.29, 0.717) is 25.1 Å². The number of hydrogen-bond acceptors (Lipinski definition) is 6. The Morgan fingerprint density at radius 3 is 2.66 bits per heavy atom. The molecule has 0 fully saturated rings. The van der Waals surface area contributed by atoms with Crippen molar-refractivity contribution in [1.29, 1.82) is 0 Å². The van der Waals surface area contributed by atoms with E-state index in [1.165, 1.54) is 12.3 Å². The van der Waals surface area contributed by atoms with Gasteiger partial charge in [0.2, 0.25) is 5.89 Å². The van der Waals surface area contributed by atoms with Crippen molar-refractivity contribution < 1.29 is 18.1 Å². The van der Waals surface area contributed by atoms with E-state index in [0.717, 1.165) is 36.7 Å². The first kappa shape index (κ1) is 22.3. The lowest BCUT2D eigenvalue weighted by atomic mass is 9.94. The first-order valence-corrected chi connectivity index (χ1v) is 10.6. The summed E-state index contributed by atoms with van der Waals surface area (Å²) >= 11 is 6.03. The van der Waals surface area contributed by atoms with Crippen LogP contribution in [0.15, 0.2) is 28.8 Å². The summed E-state index contributed by atoms with van der Waals surface area (Å²) in [6, 6.07) is 3.59. The van der Waals surface area contributed by atoms with Crippen LogP contribution in [0.2, 0.25) is 5.28 Å². The van der Waals surface area contributed by atoms with Crippen LogP contribution >= 0.6 is 11.6 Å². The van der Waals surface area contributed by atoms with E-state index in [4.69, 9.17) is 16.0 Å². The van der Waals surface area contributed by atoms with Gasteiger partial charge in [0.25, 0.3) is 0 Å². The van der Waals surface area contributed by atoms with Crippen LogP contribution in [0.4, 0.5) is 14.6 Å². The summed E-state index contributed by atoms with van der Waals surface area (Å²) < 4.78 is 34.2. The van der Waals surface area contributed by atoms with Crippen molar-refractivity contribution in [3.05, 3.63) is 62.9 Å². The Morgan fingerprint density at radius 1 is 1.22 bits per heavy atom. The number of nitro groups is 1. The molecule has 1 aromatic carbocycles. The van der Waals surface area contributed by atoms with Crippen LogP contribution in [0.1, 0.15) is 25.3 Å². The van der Waals surface area contributed by atoms with Crippen LogP contribution in [0.3, 0.4) is 0 Å². The monoisotopic (exact) mass is 465 g/mol. The molecule has 0 bridgehead atoms. The second-order valence-corrected chi connectivity index (χ2v) is 8.57. The van der Waals surface area contributed by atoms with Gasteiger partial charge in [0, 0.05) is 31.6 Å². The summed E-state index contributed by atoms with van der Waals surface area (Å²) in [5.74, 6) is -0.645. The van der Waals surface area contributed by atoms with E-state index in [-0.39, 0.29) is 28.8 Å². The van der Waals surface area contributed by atoms with Crippen molar-refractivity contribution in [2.45, 2.75) is 33.4 Å². The number of imidazole rings is 1. The van der Waals surface area contributed by atoms with Crippen LogP contribution in [-0.2, 0) is 19.5 Å². The molecule has 0 unspecified atom stereocenters. The molecular formula is C21H22ClF2N5O3. The predicted molar refractivity (Wildman–Crippen MR) is 113 cm³/mol. The third kappa shape index (κ3) is 4.66. The second kappa shape index (κ2) is 8.95. The molecule has 170 valence electrons. The second-order valence-electron chi connectivity index (χ2n) is 8.24. The van der Waals surface area contributed by atoms with Crippen molar-refractivity contribution in [3.63, 3.8) is 0 Å². The lowest BCUT2D eigenvalue weighted by Gasteiger charge is -2.30. The highest BCUT2D eigenvalue weighted by Crippen LogP contribution is 2.28. The molecule has 0 amide bonds. The predicted octanol–water partition coefficient (Wildman–Crippen LogP) is 4.71. The fraction of sp³-hybridized carbons (Fsp3) is 0.429. The molecule has 2 atom stereocenters. The maximum atomic E-state index is 13.6. The molecular weight excluding hydrogens is 444 g/mol. The molecule has 0 saturated carbocycles. The molecule has 0 radical (unpaired) electrons. The number of rotatable bonds is 7. The minimum absolute atomic E-state index is 0.102. The highest BCUT2D eigenvalue weighted by Gasteiger charge is 2.26. The number of halogens is 3. The summed E-state index contributed by atoms with van der Waals surface area (Å²) in [7, 11) is 0. The molecule has 3 heterocycles. The van der Waals surface area contributed by atoms with E-state index in [1.54, 1.807) is 4.57 Å². The SMILES string of the molecule is C[C@H](CN1CCc2nc(-c3ccc(F)c(F)c3)oc2C1)[C@@H](C)Cn1cc([N+](=O)[O-])nc1Cl. The molecule has 0 saturated heterocycles. The number of hydrogen-bond donors (Lipinski definition) is 0. The quantitative estimate of drug-likeness (QED) is 0.371. The minimum atomic E-state index is -0.938. The molecule has 0 aliphatic carbocycles. The van der Waals surface area contributed by atoms with E-state index < -0.39 is 16.6 Å². The average molecular weight is 466 g/mol. The average Bonchev–Trinajstić information content (AvgIpc) is 3.33. The molecule has 32 heavy (non-hydrogen) atoms. The van der Waals surface area contributed by atoms with Gasteiger partial charge in [0.05, 0.1) is 12.2 Å². The van der Waals surface area contributed by atoms with Crippen LogP contribution in [0, 0.1) is 33.6 Å². The fourth-order valence-corrected chi connectivity index (χ4v) is 4.03. The first-order chi connectivity index (χ1) is 15.2. The maximum absolute atomic E-state index is 13.6. The summed E-state index contributed by atoms with van der Waals surface area (Å²) in [5, 5.41) is 11.0. The molecule has 0 N–H and O–H groups in total. The van der Waals surface area contributed by atoms with Crippen LogP contribution in [0.5, 0.6) is 0 Å². The zero-order valence-electron chi connectivity index (χ0n) is 17.6. The van der Waals surface area contributed by atoms with Gasteiger partial charge in [-0.3, -0.25) is 9.47 Å². The van der Waals surface area contributed by atoms with Crippen molar-refractivity contribution in [3.8, 4) is 11.5 Å². The Morgan fingerprint density at radius 2 is 1.97 bits per heavy atom. The van der Waals surface area contributed by atoms with Crippen LogP contribution in [-0.4, -0.2) is 37.4 Å². The van der Waals surface area contributed by atoms with E-state index in [9.17, 15) is 18.9 Å². The summed E-state index contributed by atoms with van der Waals surface area (Å²) in [6.07, 6.45) is 2.05. The molecule has 11 heteroatoms. The van der Waals surface area contributed by atoms with Gasteiger partial charge in [-0.25, -0.2) is 13.8 Å². The van der Waals surface area contributed by atoms with Gasteiger partial charge in [0.1, 0.15) is 12.0 Å². The van der Waals surface area contributed by atoms with Gasteiger partial charge in [0.15, 0.2) is 11.6 Å². The number of oxazole rings is 1. The maximum Gasteiger partial charge on any atom is 0.383 e. The molecule has 0 spiro atoms. The fourth-order valence-electron chi connectivity index (χ4n) is 3.83.